The molecule has 3 rings (SSSR count). The van der Waals surface area contributed by atoms with E-state index in [1.165, 1.54) is 0 Å². The van der Waals surface area contributed by atoms with Crippen molar-refractivity contribution in [3.05, 3.63) is 94.0 Å². The number of anilines is 1. The summed E-state index contributed by atoms with van der Waals surface area (Å²) in [6, 6.07) is 19.1. The molecule has 0 saturated carbocycles. The summed E-state index contributed by atoms with van der Waals surface area (Å²) in [5.74, 6) is -0.400. The molecule has 1 atom stereocenters. The number of benzene rings is 3. The molecule has 5 nitrogen and oxygen atoms in total. The van der Waals surface area contributed by atoms with Gasteiger partial charge in [-0.2, -0.15) is 0 Å². The van der Waals surface area contributed by atoms with E-state index in [1.54, 1.807) is 49.4 Å². The van der Waals surface area contributed by atoms with Crippen LogP contribution in [0.5, 0.6) is 0 Å². The van der Waals surface area contributed by atoms with Gasteiger partial charge in [0, 0.05) is 5.02 Å². The molecule has 0 spiro atoms. The largest absolute Gasteiger partial charge is 0.348 e. The van der Waals surface area contributed by atoms with E-state index >= 15 is 0 Å². The van der Waals surface area contributed by atoms with E-state index in [9.17, 15) is 13.2 Å². The van der Waals surface area contributed by atoms with Gasteiger partial charge >= 0.3 is 0 Å². The molecule has 3 aromatic carbocycles. The molecule has 0 aromatic heterocycles. The zero-order valence-electron chi connectivity index (χ0n) is 18.6. The first kappa shape index (κ1) is 23.8. The van der Waals surface area contributed by atoms with Gasteiger partial charge in [-0.1, -0.05) is 59.1 Å². The van der Waals surface area contributed by atoms with Crippen LogP contribution in [-0.4, -0.2) is 20.9 Å². The molecule has 168 valence electrons. The van der Waals surface area contributed by atoms with Crippen molar-refractivity contribution in [3.63, 3.8) is 0 Å². The molecule has 0 heterocycles. The average Bonchev–Trinajstić information content (AvgIpc) is 2.73. The molecular weight excluding hydrogens is 444 g/mol. The lowest BCUT2D eigenvalue weighted by Crippen LogP contribution is -2.41. The van der Waals surface area contributed by atoms with Crippen molar-refractivity contribution in [3.8, 4) is 0 Å². The molecule has 0 saturated heterocycles. The van der Waals surface area contributed by atoms with Gasteiger partial charge in [0.25, 0.3) is 10.0 Å². The Morgan fingerprint density at radius 1 is 0.938 bits per heavy atom. The minimum absolute atomic E-state index is 0.122. The lowest BCUT2D eigenvalue weighted by molar-refractivity contribution is -0.120. The smallest absolute Gasteiger partial charge is 0.264 e. The summed E-state index contributed by atoms with van der Waals surface area (Å²) in [4.78, 5) is 13.1. The minimum Gasteiger partial charge on any atom is -0.348 e. The molecule has 0 fully saturated rings. The van der Waals surface area contributed by atoms with Crippen LogP contribution in [0.4, 0.5) is 5.69 Å². The van der Waals surface area contributed by atoms with Crippen molar-refractivity contribution < 1.29 is 13.2 Å². The number of nitrogens with one attached hydrogen (secondary N) is 1. The molecular formula is C25H27ClN2O3S. The Bertz CT molecular complexity index is 1210. The van der Waals surface area contributed by atoms with Gasteiger partial charge < -0.3 is 5.32 Å². The molecule has 0 radical (unpaired) electrons. The second kappa shape index (κ2) is 9.76. The van der Waals surface area contributed by atoms with E-state index in [-0.39, 0.29) is 17.5 Å². The maximum atomic E-state index is 13.5. The van der Waals surface area contributed by atoms with Gasteiger partial charge in [-0.25, -0.2) is 8.42 Å². The fourth-order valence-electron chi connectivity index (χ4n) is 3.39. The Balaban J connectivity index is 1.92. The van der Waals surface area contributed by atoms with Gasteiger partial charge in [-0.15, -0.1) is 0 Å². The van der Waals surface area contributed by atoms with Gasteiger partial charge in [0.1, 0.15) is 6.54 Å². The highest BCUT2D eigenvalue weighted by atomic mass is 35.5. The fourth-order valence-corrected chi connectivity index (χ4v) is 5.10. The van der Waals surface area contributed by atoms with Crippen LogP contribution in [0.2, 0.25) is 5.02 Å². The minimum atomic E-state index is -3.98. The highest BCUT2D eigenvalue weighted by molar-refractivity contribution is 7.92. The van der Waals surface area contributed by atoms with Gasteiger partial charge in [0.05, 0.1) is 16.6 Å². The lowest BCUT2D eigenvalue weighted by atomic mass is 10.1. The number of aryl methyl sites for hydroxylation is 3. The van der Waals surface area contributed by atoms with Crippen LogP contribution >= 0.6 is 11.6 Å². The van der Waals surface area contributed by atoms with Crippen molar-refractivity contribution in [2.75, 3.05) is 10.8 Å². The van der Waals surface area contributed by atoms with E-state index in [0.717, 1.165) is 21.0 Å². The summed E-state index contributed by atoms with van der Waals surface area (Å²) in [6.07, 6.45) is 0. The number of nitrogens with zero attached hydrogens (tertiary/aromatic N) is 1. The van der Waals surface area contributed by atoms with Crippen molar-refractivity contribution in [2.45, 2.75) is 38.6 Å². The molecule has 0 unspecified atom stereocenters. The molecule has 0 aliphatic rings. The van der Waals surface area contributed by atoms with E-state index in [1.807, 2.05) is 45.0 Å². The van der Waals surface area contributed by atoms with Crippen LogP contribution < -0.4 is 9.62 Å². The number of halogens is 1. The number of hydrogen-bond acceptors (Lipinski definition) is 3. The molecule has 7 heteroatoms. The molecule has 0 aliphatic carbocycles. The van der Waals surface area contributed by atoms with Crippen molar-refractivity contribution >= 4 is 33.2 Å². The van der Waals surface area contributed by atoms with Crippen LogP contribution in [0.1, 0.15) is 35.2 Å². The molecule has 0 aliphatic heterocycles. The van der Waals surface area contributed by atoms with E-state index < -0.39 is 15.9 Å². The highest BCUT2D eigenvalue weighted by Gasteiger charge is 2.28. The standard InChI is InChI=1S/C25H27ClN2O3S/c1-17-5-9-21(10-6-17)20(4)27-25(29)16-28(24-14-11-22(26)15-19(24)3)32(30,31)23-12-7-18(2)8-13-23/h5-15,20H,16H2,1-4H3,(H,27,29)/t20-/m1/s1. The van der Waals surface area contributed by atoms with Crippen LogP contribution in [0.15, 0.2) is 71.6 Å². The monoisotopic (exact) mass is 470 g/mol. The summed E-state index contributed by atoms with van der Waals surface area (Å²) < 4.78 is 28.2. The van der Waals surface area contributed by atoms with Crippen LogP contribution in [0, 0.1) is 20.8 Å². The number of carbonyl (C=O) groups is 1. The Kier molecular flexibility index (Phi) is 7.26. The summed E-state index contributed by atoms with van der Waals surface area (Å²) in [5.41, 5.74) is 4.09. The second-order valence-electron chi connectivity index (χ2n) is 7.96. The lowest BCUT2D eigenvalue weighted by Gasteiger charge is -2.26. The third-order valence-corrected chi connectivity index (χ3v) is 7.29. The normalized spacial score (nSPS) is 12.3. The average molecular weight is 471 g/mol. The van der Waals surface area contributed by atoms with E-state index in [2.05, 4.69) is 5.32 Å². The predicted octanol–water partition coefficient (Wildman–Crippen LogP) is 5.34. The Morgan fingerprint density at radius 2 is 1.50 bits per heavy atom. The van der Waals surface area contributed by atoms with Crippen molar-refractivity contribution in [2.24, 2.45) is 0 Å². The van der Waals surface area contributed by atoms with Gasteiger partial charge in [-0.05, 0) is 69.2 Å². The first-order valence-electron chi connectivity index (χ1n) is 10.3. The first-order valence-corrected chi connectivity index (χ1v) is 12.1. The number of sulfonamides is 1. The first-order chi connectivity index (χ1) is 15.1. The zero-order chi connectivity index (χ0) is 23.5. The number of carbonyl (C=O) groups excluding carboxylic acids is 1. The zero-order valence-corrected chi connectivity index (χ0v) is 20.2. The fraction of sp³-hybridized carbons (Fsp3) is 0.240. The molecule has 0 bridgehead atoms. The third-order valence-electron chi connectivity index (χ3n) is 5.28. The number of rotatable bonds is 7. The van der Waals surface area contributed by atoms with E-state index in [0.29, 0.717) is 16.3 Å². The summed E-state index contributed by atoms with van der Waals surface area (Å²) >= 11 is 6.08. The van der Waals surface area contributed by atoms with Crippen LogP contribution in [0.3, 0.4) is 0 Å². The summed E-state index contributed by atoms with van der Waals surface area (Å²) in [6.45, 7) is 7.17. The van der Waals surface area contributed by atoms with Crippen LogP contribution in [0.25, 0.3) is 0 Å². The van der Waals surface area contributed by atoms with E-state index in [4.69, 9.17) is 11.6 Å². The van der Waals surface area contributed by atoms with Gasteiger partial charge in [-0.3, -0.25) is 9.10 Å². The third kappa shape index (κ3) is 5.50. The maximum absolute atomic E-state index is 13.5. The second-order valence-corrected chi connectivity index (χ2v) is 10.3. The maximum Gasteiger partial charge on any atom is 0.264 e. The number of hydrogen-bond donors (Lipinski definition) is 1. The van der Waals surface area contributed by atoms with Crippen molar-refractivity contribution in [1.29, 1.82) is 0 Å². The summed E-state index contributed by atoms with van der Waals surface area (Å²) in [5, 5.41) is 3.40. The van der Waals surface area contributed by atoms with Crippen LogP contribution in [-0.2, 0) is 14.8 Å². The van der Waals surface area contributed by atoms with Gasteiger partial charge in [0.2, 0.25) is 5.91 Å². The quantitative estimate of drug-likeness (QED) is 0.507. The summed E-state index contributed by atoms with van der Waals surface area (Å²) in [7, 11) is -3.98. The number of amides is 1. The Hall–Kier alpha value is -2.83. The molecule has 1 N–H and O–H groups in total. The Labute approximate surface area is 195 Å². The predicted molar refractivity (Wildman–Crippen MR) is 130 cm³/mol. The highest BCUT2D eigenvalue weighted by Crippen LogP contribution is 2.29. The SMILES string of the molecule is Cc1ccc([C@@H](C)NC(=O)CN(c2ccc(Cl)cc2C)S(=O)(=O)c2ccc(C)cc2)cc1. The molecule has 32 heavy (non-hydrogen) atoms. The van der Waals surface area contributed by atoms with Gasteiger partial charge in [0.15, 0.2) is 0 Å². The molecule has 3 aromatic rings. The topological polar surface area (TPSA) is 66.5 Å². The van der Waals surface area contributed by atoms with Crippen molar-refractivity contribution in [1.82, 2.24) is 5.32 Å². The Morgan fingerprint density at radius 3 is 2.06 bits per heavy atom. The molecule has 1 amide bonds.